The number of nitrogens with one attached hydrogen (secondary N) is 2. The first kappa shape index (κ1) is 19.4. The number of fused-ring (bicyclic) bond motifs is 1. The summed E-state index contributed by atoms with van der Waals surface area (Å²) in [6.45, 7) is 7.23. The highest BCUT2D eigenvalue weighted by Gasteiger charge is 2.47. The molecule has 0 bridgehead atoms. The molecule has 2 aliphatic heterocycles. The lowest BCUT2D eigenvalue weighted by Gasteiger charge is -2.37. The van der Waals surface area contributed by atoms with Gasteiger partial charge in [-0.05, 0) is 69.9 Å². The van der Waals surface area contributed by atoms with Gasteiger partial charge >= 0.3 is 0 Å². The largest absolute Gasteiger partial charge is 0.354 e. The summed E-state index contributed by atoms with van der Waals surface area (Å²) in [5.74, 6) is 1.13. The Bertz CT molecular complexity index is 775. The summed E-state index contributed by atoms with van der Waals surface area (Å²) < 4.78 is 0. The third-order valence-corrected chi connectivity index (χ3v) is 6.57. The van der Waals surface area contributed by atoms with E-state index >= 15 is 0 Å². The second kappa shape index (κ2) is 8.21. The molecule has 2 N–H and O–H groups in total. The van der Waals surface area contributed by atoms with Crippen molar-refractivity contribution in [3.05, 3.63) is 30.1 Å². The van der Waals surface area contributed by atoms with Crippen LogP contribution in [0.5, 0.6) is 0 Å². The number of H-pyrrole nitrogens is 1. The number of para-hydroxylation sites is 2. The van der Waals surface area contributed by atoms with Crippen molar-refractivity contribution in [2.24, 2.45) is 5.41 Å². The van der Waals surface area contributed by atoms with E-state index in [0.29, 0.717) is 12.0 Å². The van der Waals surface area contributed by atoms with Gasteiger partial charge in [-0.15, -0.1) is 0 Å². The third kappa shape index (κ3) is 4.08. The molecule has 3 heterocycles. The van der Waals surface area contributed by atoms with Crippen LogP contribution in [0.15, 0.2) is 24.3 Å². The summed E-state index contributed by atoms with van der Waals surface area (Å²) in [6.07, 6.45) is 5.27. The number of benzene rings is 1. The predicted octanol–water partition coefficient (Wildman–Crippen LogP) is 2.42. The molecule has 1 amide bonds. The number of aromatic amines is 1. The Balaban J connectivity index is 1.34. The second-order valence-electron chi connectivity index (χ2n) is 8.74. The van der Waals surface area contributed by atoms with E-state index in [4.69, 9.17) is 0 Å². The van der Waals surface area contributed by atoms with Crippen LogP contribution in [0.2, 0.25) is 0 Å². The molecule has 6 nitrogen and oxygen atoms in total. The number of hydrogen-bond donors (Lipinski definition) is 2. The molecule has 152 valence electrons. The van der Waals surface area contributed by atoms with Crippen LogP contribution < -0.4 is 5.32 Å². The minimum atomic E-state index is 0.0269. The minimum Gasteiger partial charge on any atom is -0.354 e. The maximum atomic E-state index is 13.0. The lowest BCUT2D eigenvalue weighted by Crippen LogP contribution is -2.44. The number of rotatable bonds is 6. The number of aromatic nitrogens is 2. The molecule has 2 fully saturated rings. The van der Waals surface area contributed by atoms with Crippen LogP contribution in [0.4, 0.5) is 0 Å². The highest BCUT2D eigenvalue weighted by Crippen LogP contribution is 2.43. The van der Waals surface area contributed by atoms with Gasteiger partial charge < -0.3 is 15.2 Å². The van der Waals surface area contributed by atoms with Gasteiger partial charge in [0.2, 0.25) is 5.91 Å². The van der Waals surface area contributed by atoms with Crippen LogP contribution in [0.3, 0.4) is 0 Å². The van der Waals surface area contributed by atoms with E-state index in [9.17, 15) is 4.79 Å². The molecule has 0 radical (unpaired) electrons. The van der Waals surface area contributed by atoms with Crippen molar-refractivity contribution < 1.29 is 4.79 Å². The number of likely N-dealkylation sites (tertiary alicyclic amines) is 2. The summed E-state index contributed by atoms with van der Waals surface area (Å²) in [5.41, 5.74) is 2.37. The van der Waals surface area contributed by atoms with Crippen molar-refractivity contribution >= 4 is 16.9 Å². The van der Waals surface area contributed by atoms with Gasteiger partial charge in [0, 0.05) is 19.5 Å². The fourth-order valence-corrected chi connectivity index (χ4v) is 4.93. The fraction of sp³-hybridized carbons (Fsp3) is 0.636. The maximum Gasteiger partial charge on any atom is 0.237 e. The van der Waals surface area contributed by atoms with Crippen LogP contribution >= 0.6 is 0 Å². The maximum absolute atomic E-state index is 13.0. The van der Waals surface area contributed by atoms with E-state index in [-0.39, 0.29) is 11.9 Å². The molecule has 1 aromatic heterocycles. The number of carbonyl (C=O) groups excluding carboxylic acids is 1. The van der Waals surface area contributed by atoms with Crippen molar-refractivity contribution in [2.45, 2.75) is 45.1 Å². The first-order valence-corrected chi connectivity index (χ1v) is 10.7. The fourth-order valence-electron chi connectivity index (χ4n) is 4.93. The number of hydrogen-bond acceptors (Lipinski definition) is 4. The number of piperidine rings is 1. The molecule has 6 heteroatoms. The summed E-state index contributed by atoms with van der Waals surface area (Å²) >= 11 is 0. The van der Waals surface area contributed by atoms with Crippen LogP contribution in [0.1, 0.15) is 38.4 Å². The van der Waals surface area contributed by atoms with Gasteiger partial charge in [-0.1, -0.05) is 19.1 Å². The Labute approximate surface area is 167 Å². The van der Waals surface area contributed by atoms with Gasteiger partial charge in [0.15, 0.2) is 0 Å². The van der Waals surface area contributed by atoms with Crippen LogP contribution in [0.25, 0.3) is 11.0 Å². The smallest absolute Gasteiger partial charge is 0.237 e. The van der Waals surface area contributed by atoms with Crippen molar-refractivity contribution in [1.29, 1.82) is 0 Å². The zero-order valence-electron chi connectivity index (χ0n) is 17.2. The van der Waals surface area contributed by atoms with Gasteiger partial charge in [-0.2, -0.15) is 0 Å². The van der Waals surface area contributed by atoms with Gasteiger partial charge in [0.05, 0.1) is 17.1 Å². The zero-order chi connectivity index (χ0) is 19.6. The molecule has 0 aliphatic carbocycles. The van der Waals surface area contributed by atoms with Crippen LogP contribution in [-0.2, 0) is 11.2 Å². The molecule has 2 aromatic rings. The highest BCUT2D eigenvalue weighted by molar-refractivity contribution is 5.82. The van der Waals surface area contributed by atoms with Gasteiger partial charge in [-0.3, -0.25) is 9.69 Å². The Morgan fingerprint density at radius 2 is 2.11 bits per heavy atom. The number of carbonyl (C=O) groups is 1. The van der Waals surface area contributed by atoms with E-state index in [1.165, 1.54) is 12.8 Å². The molecule has 1 spiro atoms. The Morgan fingerprint density at radius 3 is 2.86 bits per heavy atom. The Morgan fingerprint density at radius 1 is 1.32 bits per heavy atom. The van der Waals surface area contributed by atoms with Crippen molar-refractivity contribution in [2.75, 3.05) is 39.8 Å². The SMILES string of the molecule is CCCN1CC2(CCN(C)CC2)C[C@@H]1C(=O)NCCc1nc2ccccc2[nH]1. The normalized spacial score (nSPS) is 22.9. The molecule has 1 aromatic carbocycles. The molecule has 4 rings (SSSR count). The summed E-state index contributed by atoms with van der Waals surface area (Å²) in [6, 6.07) is 8.07. The van der Waals surface area contributed by atoms with Gasteiger partial charge in [0.25, 0.3) is 0 Å². The molecular formula is C22H33N5O. The van der Waals surface area contributed by atoms with Crippen molar-refractivity contribution in [3.8, 4) is 0 Å². The van der Waals surface area contributed by atoms with Crippen LogP contribution in [-0.4, -0.2) is 71.5 Å². The predicted molar refractivity (Wildman–Crippen MR) is 112 cm³/mol. The van der Waals surface area contributed by atoms with E-state index in [1.54, 1.807) is 0 Å². The lowest BCUT2D eigenvalue weighted by molar-refractivity contribution is -0.125. The first-order valence-electron chi connectivity index (χ1n) is 10.7. The van der Waals surface area contributed by atoms with E-state index in [0.717, 1.165) is 62.3 Å². The monoisotopic (exact) mass is 383 g/mol. The highest BCUT2D eigenvalue weighted by atomic mass is 16.2. The van der Waals surface area contributed by atoms with Crippen molar-refractivity contribution in [3.63, 3.8) is 0 Å². The molecule has 0 unspecified atom stereocenters. The van der Waals surface area contributed by atoms with E-state index in [1.807, 2.05) is 24.3 Å². The quantitative estimate of drug-likeness (QED) is 0.804. The zero-order valence-corrected chi connectivity index (χ0v) is 17.2. The molecule has 1 atom stereocenters. The molecule has 2 aliphatic rings. The van der Waals surface area contributed by atoms with E-state index < -0.39 is 0 Å². The van der Waals surface area contributed by atoms with Crippen molar-refractivity contribution in [1.82, 2.24) is 25.1 Å². The standard InChI is InChI=1S/C22H33N5O/c1-3-12-27-16-22(9-13-26(2)14-10-22)15-19(27)21(28)23-11-8-20-24-17-6-4-5-7-18(17)25-20/h4-7,19H,3,8-16H2,1-2H3,(H,23,28)(H,24,25)/t19-/m1/s1. The lowest BCUT2D eigenvalue weighted by atomic mass is 9.76. The molecule has 28 heavy (non-hydrogen) atoms. The number of imidazole rings is 1. The minimum absolute atomic E-state index is 0.0269. The number of nitrogens with zero attached hydrogens (tertiary/aromatic N) is 3. The summed E-state index contributed by atoms with van der Waals surface area (Å²) in [5, 5.41) is 3.19. The van der Waals surface area contributed by atoms with Gasteiger partial charge in [0.1, 0.15) is 5.82 Å². The molecule has 2 saturated heterocycles. The summed E-state index contributed by atoms with van der Waals surface area (Å²) in [4.78, 5) is 25.8. The number of amides is 1. The molecule has 0 saturated carbocycles. The average Bonchev–Trinajstić information content (AvgIpc) is 3.26. The third-order valence-electron chi connectivity index (χ3n) is 6.57. The van der Waals surface area contributed by atoms with E-state index in [2.05, 4.69) is 39.1 Å². The Hall–Kier alpha value is -1.92. The Kier molecular flexibility index (Phi) is 5.69. The second-order valence-corrected chi connectivity index (χ2v) is 8.74. The molecular weight excluding hydrogens is 350 g/mol. The van der Waals surface area contributed by atoms with Gasteiger partial charge in [-0.25, -0.2) is 4.98 Å². The summed E-state index contributed by atoms with van der Waals surface area (Å²) in [7, 11) is 2.20. The topological polar surface area (TPSA) is 64.3 Å². The average molecular weight is 384 g/mol. The van der Waals surface area contributed by atoms with Crippen LogP contribution in [0, 0.1) is 5.41 Å². The first-order chi connectivity index (χ1) is 13.6.